The quantitative estimate of drug-likeness (QED) is 0.519. The van der Waals surface area contributed by atoms with Crippen LogP contribution in [0.5, 0.6) is 0 Å². The topological polar surface area (TPSA) is 100 Å². The van der Waals surface area contributed by atoms with E-state index in [1.807, 2.05) is 13.8 Å². The molecule has 1 unspecified atom stereocenters. The first-order chi connectivity index (χ1) is 12.1. The van der Waals surface area contributed by atoms with Gasteiger partial charge in [0.1, 0.15) is 0 Å². The van der Waals surface area contributed by atoms with Crippen molar-refractivity contribution in [2.24, 2.45) is 0 Å². The van der Waals surface area contributed by atoms with Crippen LogP contribution in [-0.4, -0.2) is 65.4 Å². The molecule has 2 amide bonds. The molecule has 0 saturated heterocycles. The second kappa shape index (κ2) is 9.65. The smallest absolute Gasteiger partial charge is 0.279 e. The van der Waals surface area contributed by atoms with Crippen molar-refractivity contribution >= 4 is 27.5 Å². The molecular weight excluding hydrogens is 356 g/mol. The van der Waals surface area contributed by atoms with E-state index in [0.29, 0.717) is 24.3 Å². The predicted molar refractivity (Wildman–Crippen MR) is 101 cm³/mol. The number of amides is 2. The predicted octanol–water partition coefficient (Wildman–Crippen LogP) is -0.775. The second-order valence-corrected chi connectivity index (χ2v) is 7.97. The van der Waals surface area contributed by atoms with E-state index in [9.17, 15) is 18.0 Å². The van der Waals surface area contributed by atoms with E-state index in [4.69, 9.17) is 0 Å². The molecule has 1 aromatic rings. The van der Waals surface area contributed by atoms with Crippen LogP contribution >= 0.6 is 0 Å². The minimum atomic E-state index is -3.60. The third-order valence-corrected chi connectivity index (χ3v) is 5.62. The van der Waals surface area contributed by atoms with Gasteiger partial charge in [0.25, 0.3) is 11.8 Å². The van der Waals surface area contributed by atoms with Crippen LogP contribution in [0.2, 0.25) is 0 Å². The molecule has 1 rings (SSSR count). The van der Waals surface area contributed by atoms with Gasteiger partial charge >= 0.3 is 0 Å². The number of carbonyl (C=O) groups is 2. The molecule has 0 aromatic heterocycles. The number of carbonyl (C=O) groups excluding carboxylic acids is 2. The van der Waals surface area contributed by atoms with E-state index >= 15 is 0 Å². The first-order valence-corrected chi connectivity index (χ1v) is 10.1. The zero-order valence-corrected chi connectivity index (χ0v) is 16.9. The average Bonchev–Trinajstić information content (AvgIpc) is 2.57. The van der Waals surface area contributed by atoms with Gasteiger partial charge in [-0.3, -0.25) is 9.59 Å². The number of aryl methyl sites for hydroxylation is 1. The van der Waals surface area contributed by atoms with Crippen LogP contribution in [0.15, 0.2) is 23.1 Å². The van der Waals surface area contributed by atoms with Gasteiger partial charge in [0.05, 0.1) is 11.9 Å². The Morgan fingerprint density at radius 1 is 1.15 bits per heavy atom. The van der Waals surface area contributed by atoms with Crippen molar-refractivity contribution in [2.75, 3.05) is 45.6 Å². The molecule has 0 aliphatic rings. The summed E-state index contributed by atoms with van der Waals surface area (Å²) in [5.41, 5.74) is 0.988. The summed E-state index contributed by atoms with van der Waals surface area (Å²) in [6, 6.07) is 4.72. The lowest BCUT2D eigenvalue weighted by atomic mass is 10.2. The molecule has 0 saturated carbocycles. The van der Waals surface area contributed by atoms with Crippen molar-refractivity contribution < 1.29 is 22.9 Å². The molecule has 26 heavy (non-hydrogen) atoms. The Labute approximate surface area is 155 Å². The minimum Gasteiger partial charge on any atom is -0.338 e. The van der Waals surface area contributed by atoms with E-state index in [1.54, 1.807) is 31.0 Å². The molecule has 0 bridgehead atoms. The third kappa shape index (κ3) is 6.08. The number of hydrogen-bond donors (Lipinski definition) is 3. The summed E-state index contributed by atoms with van der Waals surface area (Å²) in [6.45, 7) is 7.13. The fraction of sp³-hybridized carbons (Fsp3) is 0.529. The Hall–Kier alpha value is -1.97. The van der Waals surface area contributed by atoms with Gasteiger partial charge < -0.3 is 15.1 Å². The van der Waals surface area contributed by atoms with Crippen LogP contribution in [0.4, 0.5) is 5.69 Å². The van der Waals surface area contributed by atoms with Crippen molar-refractivity contribution in [3.05, 3.63) is 23.8 Å². The number of nitrogens with one attached hydrogen (secondary N) is 3. The number of nitrogens with zero attached hydrogens (tertiary/aromatic N) is 1. The first kappa shape index (κ1) is 22.1. The number of quaternary nitrogens is 1. The number of likely N-dealkylation sites (N-methyl/N-ethyl adjacent to an activating group) is 2. The van der Waals surface area contributed by atoms with E-state index < -0.39 is 10.0 Å². The van der Waals surface area contributed by atoms with Crippen molar-refractivity contribution in [2.45, 2.75) is 25.7 Å². The summed E-state index contributed by atoms with van der Waals surface area (Å²) in [6.07, 6.45) is 0. The highest BCUT2D eigenvalue weighted by molar-refractivity contribution is 7.89. The lowest BCUT2D eigenvalue weighted by molar-refractivity contribution is -0.862. The van der Waals surface area contributed by atoms with E-state index in [-0.39, 0.29) is 29.8 Å². The molecule has 0 heterocycles. The second-order valence-electron chi connectivity index (χ2n) is 6.11. The Kier molecular flexibility index (Phi) is 8.19. The highest BCUT2D eigenvalue weighted by Crippen LogP contribution is 2.19. The van der Waals surface area contributed by atoms with Gasteiger partial charge in [-0.2, -0.15) is 0 Å². The van der Waals surface area contributed by atoms with Gasteiger partial charge in [-0.15, -0.1) is 0 Å². The van der Waals surface area contributed by atoms with E-state index in [2.05, 4.69) is 10.0 Å². The molecule has 8 nitrogen and oxygen atoms in total. The summed E-state index contributed by atoms with van der Waals surface area (Å²) in [4.78, 5) is 26.9. The average molecular weight is 386 g/mol. The maximum atomic E-state index is 12.2. The van der Waals surface area contributed by atoms with Gasteiger partial charge in [0, 0.05) is 18.8 Å². The number of anilines is 1. The van der Waals surface area contributed by atoms with Crippen molar-refractivity contribution in [3.8, 4) is 0 Å². The van der Waals surface area contributed by atoms with Crippen LogP contribution in [0.3, 0.4) is 0 Å². The summed E-state index contributed by atoms with van der Waals surface area (Å²) < 4.78 is 26.3. The molecule has 146 valence electrons. The van der Waals surface area contributed by atoms with Gasteiger partial charge in [-0.1, -0.05) is 6.07 Å². The summed E-state index contributed by atoms with van der Waals surface area (Å²) in [5, 5.41) is 2.69. The molecule has 0 spiro atoms. The molecular formula is C17H29N4O4S+. The number of hydrogen-bond acceptors (Lipinski definition) is 4. The van der Waals surface area contributed by atoms with Gasteiger partial charge in [-0.25, -0.2) is 13.1 Å². The monoisotopic (exact) mass is 385 g/mol. The first-order valence-electron chi connectivity index (χ1n) is 8.57. The minimum absolute atomic E-state index is 0.00182. The van der Waals surface area contributed by atoms with Crippen LogP contribution < -0.4 is 14.9 Å². The maximum Gasteiger partial charge on any atom is 0.279 e. The van der Waals surface area contributed by atoms with Crippen molar-refractivity contribution in [3.63, 3.8) is 0 Å². The summed E-state index contributed by atoms with van der Waals surface area (Å²) in [7, 11) is -0.489. The Balaban J connectivity index is 2.74. The molecule has 0 aliphatic carbocycles. The maximum absolute atomic E-state index is 12.2. The molecule has 1 atom stereocenters. The van der Waals surface area contributed by atoms with Crippen LogP contribution in [0.25, 0.3) is 0 Å². The normalized spacial score (nSPS) is 12.5. The molecule has 0 fully saturated rings. The number of sulfonamides is 1. The van der Waals surface area contributed by atoms with Gasteiger partial charge in [0.15, 0.2) is 13.1 Å². The zero-order chi connectivity index (χ0) is 19.9. The third-order valence-electron chi connectivity index (χ3n) is 4.06. The highest BCUT2D eigenvalue weighted by Gasteiger charge is 2.19. The lowest BCUT2D eigenvalue weighted by Crippen LogP contribution is -3.11. The molecule has 0 aliphatic heterocycles. The number of rotatable bonds is 9. The van der Waals surface area contributed by atoms with Gasteiger partial charge in [0.2, 0.25) is 10.0 Å². The summed E-state index contributed by atoms with van der Waals surface area (Å²) in [5.74, 6) is -0.287. The fourth-order valence-corrected chi connectivity index (χ4v) is 3.56. The van der Waals surface area contributed by atoms with E-state index in [0.717, 1.165) is 4.90 Å². The Morgan fingerprint density at radius 2 is 1.77 bits per heavy atom. The van der Waals surface area contributed by atoms with Crippen molar-refractivity contribution in [1.29, 1.82) is 0 Å². The zero-order valence-electron chi connectivity index (χ0n) is 16.0. The standard InChI is InChI=1S/C17H28N4O4S/c1-6-21(7-2)17(23)12-20(5)11-16(22)19-14-9-8-13(3)15(10-14)26(24,25)18-4/h8-10,18H,6-7,11-12H2,1-5H3,(H,19,22)/p+1. The SMILES string of the molecule is CCN(CC)C(=O)C[NH+](C)CC(=O)Nc1ccc(C)c(S(=O)(=O)NC)c1. The van der Waals surface area contributed by atoms with Crippen LogP contribution in [-0.2, 0) is 19.6 Å². The van der Waals surface area contributed by atoms with E-state index in [1.165, 1.54) is 13.1 Å². The highest BCUT2D eigenvalue weighted by atomic mass is 32.2. The molecule has 1 aromatic carbocycles. The molecule has 0 radical (unpaired) electrons. The largest absolute Gasteiger partial charge is 0.338 e. The van der Waals surface area contributed by atoms with Crippen LogP contribution in [0, 0.1) is 6.92 Å². The Bertz CT molecular complexity index is 745. The molecule has 9 heteroatoms. The number of benzene rings is 1. The van der Waals surface area contributed by atoms with Gasteiger partial charge in [-0.05, 0) is 45.5 Å². The summed E-state index contributed by atoms with van der Waals surface area (Å²) >= 11 is 0. The Morgan fingerprint density at radius 3 is 2.31 bits per heavy atom. The molecule has 3 N–H and O–H groups in total. The fourth-order valence-electron chi connectivity index (χ4n) is 2.57. The van der Waals surface area contributed by atoms with Crippen LogP contribution in [0.1, 0.15) is 19.4 Å². The lowest BCUT2D eigenvalue weighted by Gasteiger charge is -2.21. The van der Waals surface area contributed by atoms with Crippen molar-refractivity contribution in [1.82, 2.24) is 9.62 Å².